The van der Waals surface area contributed by atoms with Gasteiger partial charge in [0.25, 0.3) is 5.56 Å². The van der Waals surface area contributed by atoms with E-state index in [0.717, 1.165) is 48.4 Å². The molecule has 0 saturated heterocycles. The second-order valence-electron chi connectivity index (χ2n) is 9.06. The molecule has 1 saturated carbocycles. The van der Waals surface area contributed by atoms with Crippen LogP contribution in [0.25, 0.3) is 5.57 Å². The lowest BCUT2D eigenvalue weighted by molar-refractivity contribution is 0.300. The van der Waals surface area contributed by atoms with Crippen LogP contribution in [0.1, 0.15) is 60.4 Å². The molecule has 2 N–H and O–H groups in total. The van der Waals surface area contributed by atoms with E-state index in [1.54, 1.807) is 0 Å². The maximum atomic E-state index is 12.6. The molecule has 1 heterocycles. The number of H-pyrrole nitrogens is 2. The summed E-state index contributed by atoms with van der Waals surface area (Å²) in [7, 11) is 0. The second-order valence-corrected chi connectivity index (χ2v) is 9.47. The Morgan fingerprint density at radius 3 is 2.52 bits per heavy atom. The average molecular weight is 463 g/mol. The van der Waals surface area contributed by atoms with Gasteiger partial charge < -0.3 is 9.72 Å². The molecule has 2 aliphatic rings. The van der Waals surface area contributed by atoms with Crippen LogP contribution in [0.2, 0.25) is 5.02 Å². The summed E-state index contributed by atoms with van der Waals surface area (Å²) in [5, 5.41) is 0.697. The first-order valence-electron chi connectivity index (χ1n) is 11.6. The van der Waals surface area contributed by atoms with Gasteiger partial charge in [-0.15, -0.1) is 0 Å². The van der Waals surface area contributed by atoms with Crippen LogP contribution in [-0.4, -0.2) is 16.6 Å². The molecule has 2 aromatic carbocycles. The zero-order valence-corrected chi connectivity index (χ0v) is 19.2. The molecule has 5 nitrogen and oxygen atoms in total. The van der Waals surface area contributed by atoms with Crippen LogP contribution in [0.4, 0.5) is 0 Å². The Morgan fingerprint density at radius 2 is 1.82 bits per heavy atom. The highest BCUT2D eigenvalue weighted by atomic mass is 35.5. The maximum Gasteiger partial charge on any atom is 0.325 e. The molecule has 0 bridgehead atoms. The van der Waals surface area contributed by atoms with E-state index in [9.17, 15) is 9.59 Å². The monoisotopic (exact) mass is 462 g/mol. The standard InChI is InChI=1S/C27H27ClN2O3/c28-24-15-21(33-16-18-6-7-18)12-13-22(24)19-8-10-20(11-9-19)25-23(26(31)30-27(32)29-25)14-17-4-2-1-3-5-17/h1-5,8,12-13,15,18,20H,6-7,9-11,14,16H2,(H2,29,30,31,32). The summed E-state index contributed by atoms with van der Waals surface area (Å²) in [5.74, 6) is 1.60. The predicted octanol–water partition coefficient (Wildman–Crippen LogP) is 5.45. The van der Waals surface area contributed by atoms with E-state index in [1.807, 2.05) is 48.5 Å². The maximum absolute atomic E-state index is 12.6. The number of ether oxygens (including phenoxy) is 1. The zero-order valence-electron chi connectivity index (χ0n) is 18.4. The van der Waals surface area contributed by atoms with Gasteiger partial charge in [0.2, 0.25) is 0 Å². The minimum atomic E-state index is -0.452. The van der Waals surface area contributed by atoms with Crippen LogP contribution in [0, 0.1) is 5.92 Å². The molecule has 0 aliphatic heterocycles. The highest BCUT2D eigenvalue weighted by Gasteiger charge is 2.24. The lowest BCUT2D eigenvalue weighted by Gasteiger charge is -2.24. The Morgan fingerprint density at radius 1 is 1.00 bits per heavy atom. The third-order valence-corrected chi connectivity index (χ3v) is 6.90. The summed E-state index contributed by atoms with van der Waals surface area (Å²) < 4.78 is 5.84. The molecule has 1 fully saturated rings. The molecule has 170 valence electrons. The fourth-order valence-electron chi connectivity index (χ4n) is 4.54. The molecule has 3 aromatic rings. The Balaban J connectivity index is 1.35. The van der Waals surface area contributed by atoms with Gasteiger partial charge in [0.05, 0.1) is 11.6 Å². The molecule has 0 radical (unpaired) electrons. The van der Waals surface area contributed by atoms with Crippen molar-refractivity contribution in [1.82, 2.24) is 9.97 Å². The molecule has 1 aromatic heterocycles. The summed E-state index contributed by atoms with van der Waals surface area (Å²) in [4.78, 5) is 30.0. The Bertz CT molecular complexity index is 1290. The number of aromatic nitrogens is 2. The van der Waals surface area contributed by atoms with Crippen molar-refractivity contribution >= 4 is 17.2 Å². The van der Waals surface area contributed by atoms with Crippen LogP contribution in [-0.2, 0) is 6.42 Å². The van der Waals surface area contributed by atoms with Crippen LogP contribution < -0.4 is 16.0 Å². The third kappa shape index (κ3) is 5.14. The summed E-state index contributed by atoms with van der Waals surface area (Å²) >= 11 is 6.59. The second kappa shape index (κ2) is 9.44. The number of benzene rings is 2. The van der Waals surface area contributed by atoms with Crippen molar-refractivity contribution in [2.75, 3.05) is 6.61 Å². The summed E-state index contributed by atoms with van der Waals surface area (Å²) in [6, 6.07) is 15.8. The SMILES string of the molecule is O=c1[nH]c(C2CC=C(c3ccc(OCC4CC4)cc3Cl)CC2)c(Cc2ccccc2)c(=O)[nH]1. The fourth-order valence-corrected chi connectivity index (χ4v) is 4.83. The van der Waals surface area contributed by atoms with Crippen LogP contribution in [0.15, 0.2) is 64.2 Å². The minimum absolute atomic E-state index is 0.0855. The molecule has 5 rings (SSSR count). The van der Waals surface area contributed by atoms with E-state index >= 15 is 0 Å². The highest BCUT2D eigenvalue weighted by molar-refractivity contribution is 6.32. The molecule has 0 spiro atoms. The smallest absolute Gasteiger partial charge is 0.325 e. The molecule has 1 atom stereocenters. The average Bonchev–Trinajstić information content (AvgIpc) is 3.65. The molecule has 1 unspecified atom stereocenters. The number of hydrogen-bond donors (Lipinski definition) is 2. The first-order valence-corrected chi connectivity index (χ1v) is 12.0. The first kappa shape index (κ1) is 21.8. The number of rotatable bonds is 7. The number of aromatic amines is 2. The van der Waals surface area contributed by atoms with Crippen LogP contribution in [0.5, 0.6) is 5.75 Å². The molecule has 6 heteroatoms. The lowest BCUT2D eigenvalue weighted by atomic mass is 9.83. The van der Waals surface area contributed by atoms with E-state index in [2.05, 4.69) is 16.0 Å². The summed E-state index contributed by atoms with van der Waals surface area (Å²) in [6.45, 7) is 0.764. The van der Waals surface area contributed by atoms with Crippen molar-refractivity contribution < 1.29 is 4.74 Å². The number of allylic oxidation sites excluding steroid dienone is 2. The molecule has 2 aliphatic carbocycles. The minimum Gasteiger partial charge on any atom is -0.493 e. The molecule has 33 heavy (non-hydrogen) atoms. The van der Waals surface area contributed by atoms with Crippen molar-refractivity contribution in [3.05, 3.63) is 103 Å². The van der Waals surface area contributed by atoms with Crippen LogP contribution in [0.3, 0.4) is 0 Å². The Hall–Kier alpha value is -3.05. The summed E-state index contributed by atoms with van der Waals surface area (Å²) in [5.41, 5.74) is 3.89. The van der Waals surface area contributed by atoms with Crippen molar-refractivity contribution in [2.45, 2.75) is 44.4 Å². The van der Waals surface area contributed by atoms with Crippen molar-refractivity contribution in [2.24, 2.45) is 5.92 Å². The molecule has 0 amide bonds. The fraction of sp³-hybridized carbons (Fsp3) is 0.333. The van der Waals surface area contributed by atoms with Crippen molar-refractivity contribution in [3.63, 3.8) is 0 Å². The topological polar surface area (TPSA) is 75.0 Å². The van der Waals surface area contributed by atoms with E-state index < -0.39 is 5.69 Å². The van der Waals surface area contributed by atoms with E-state index in [4.69, 9.17) is 16.3 Å². The first-order chi connectivity index (χ1) is 16.1. The normalized spacial score (nSPS) is 18.1. The van der Waals surface area contributed by atoms with Gasteiger partial charge in [0, 0.05) is 23.6 Å². The van der Waals surface area contributed by atoms with Gasteiger partial charge in [-0.25, -0.2) is 4.79 Å². The van der Waals surface area contributed by atoms with Gasteiger partial charge in [0.15, 0.2) is 0 Å². The highest BCUT2D eigenvalue weighted by Crippen LogP contribution is 2.39. The van der Waals surface area contributed by atoms with Gasteiger partial charge in [-0.05, 0) is 72.9 Å². The zero-order chi connectivity index (χ0) is 22.8. The summed E-state index contributed by atoms with van der Waals surface area (Å²) in [6.07, 6.45) is 7.59. The largest absolute Gasteiger partial charge is 0.493 e. The number of halogens is 1. The van der Waals surface area contributed by atoms with Crippen molar-refractivity contribution in [1.29, 1.82) is 0 Å². The number of hydrogen-bond acceptors (Lipinski definition) is 3. The van der Waals surface area contributed by atoms with Gasteiger partial charge in [-0.2, -0.15) is 0 Å². The van der Waals surface area contributed by atoms with Gasteiger partial charge in [-0.3, -0.25) is 9.78 Å². The number of nitrogens with one attached hydrogen (secondary N) is 2. The third-order valence-electron chi connectivity index (χ3n) is 6.59. The van der Waals surface area contributed by atoms with E-state index in [-0.39, 0.29) is 11.5 Å². The lowest BCUT2D eigenvalue weighted by Crippen LogP contribution is -2.30. The quantitative estimate of drug-likeness (QED) is 0.490. The molecular weight excluding hydrogens is 436 g/mol. The Labute approximate surface area is 197 Å². The van der Waals surface area contributed by atoms with E-state index in [0.29, 0.717) is 22.9 Å². The Kier molecular flexibility index (Phi) is 6.23. The van der Waals surface area contributed by atoms with Crippen molar-refractivity contribution in [3.8, 4) is 5.75 Å². The van der Waals surface area contributed by atoms with Gasteiger partial charge in [0.1, 0.15) is 5.75 Å². The van der Waals surface area contributed by atoms with Crippen LogP contribution >= 0.6 is 11.6 Å². The van der Waals surface area contributed by atoms with Gasteiger partial charge in [-0.1, -0.05) is 48.0 Å². The van der Waals surface area contributed by atoms with Gasteiger partial charge >= 0.3 is 5.69 Å². The predicted molar refractivity (Wildman–Crippen MR) is 131 cm³/mol. The van der Waals surface area contributed by atoms with E-state index in [1.165, 1.54) is 18.4 Å². The molecular formula is C27H27ClN2O3.